The van der Waals surface area contributed by atoms with Crippen LogP contribution >= 0.6 is 0 Å². The number of anilines is 1. The number of hydrogen-bond acceptors (Lipinski definition) is 2. The Kier molecular flexibility index (Phi) is 5.25. The van der Waals surface area contributed by atoms with E-state index in [4.69, 9.17) is 0 Å². The Hall–Kier alpha value is -2.69. The van der Waals surface area contributed by atoms with Gasteiger partial charge < -0.3 is 10.6 Å². The summed E-state index contributed by atoms with van der Waals surface area (Å²) in [5.74, 6) is -1.98. The van der Waals surface area contributed by atoms with Gasteiger partial charge in [-0.2, -0.15) is 0 Å². The topological polar surface area (TPSA) is 58.2 Å². The number of benzene rings is 2. The summed E-state index contributed by atoms with van der Waals surface area (Å²) in [5, 5.41) is 4.90. The first-order chi connectivity index (χ1) is 10.6. The molecule has 2 aromatic rings. The zero-order chi connectivity index (χ0) is 15.9. The van der Waals surface area contributed by atoms with E-state index in [9.17, 15) is 14.0 Å². The van der Waals surface area contributed by atoms with E-state index < -0.39 is 17.6 Å². The van der Waals surface area contributed by atoms with Gasteiger partial charge in [0.2, 0.25) is 0 Å². The molecule has 0 fully saturated rings. The molecule has 22 heavy (non-hydrogen) atoms. The average Bonchev–Trinajstić information content (AvgIpc) is 2.52. The summed E-state index contributed by atoms with van der Waals surface area (Å²) in [6, 6.07) is 13.9. The van der Waals surface area contributed by atoms with Crippen LogP contribution < -0.4 is 10.6 Å². The van der Waals surface area contributed by atoms with Gasteiger partial charge in [0, 0.05) is 12.2 Å². The standard InChI is InChI=1S/C17H17FN2O2/c1-12-7-8-14(11-15(12)18)20-17(22)16(21)19-10-9-13-5-3-2-4-6-13/h2-8,11H,9-10H2,1H3,(H,19,21)(H,20,22). The normalized spacial score (nSPS) is 10.1. The lowest BCUT2D eigenvalue weighted by Crippen LogP contribution is -2.36. The lowest BCUT2D eigenvalue weighted by atomic mass is 10.1. The first-order valence-electron chi connectivity index (χ1n) is 6.95. The van der Waals surface area contributed by atoms with Gasteiger partial charge in [-0.05, 0) is 36.6 Å². The van der Waals surface area contributed by atoms with Crippen molar-refractivity contribution in [2.24, 2.45) is 0 Å². The molecule has 0 aliphatic carbocycles. The molecule has 4 nitrogen and oxygen atoms in total. The van der Waals surface area contributed by atoms with E-state index in [1.807, 2.05) is 30.3 Å². The number of rotatable bonds is 4. The van der Waals surface area contributed by atoms with Crippen molar-refractivity contribution in [3.05, 3.63) is 65.5 Å². The summed E-state index contributed by atoms with van der Waals surface area (Å²) >= 11 is 0. The van der Waals surface area contributed by atoms with Gasteiger partial charge in [0.15, 0.2) is 0 Å². The zero-order valence-corrected chi connectivity index (χ0v) is 12.2. The molecule has 2 rings (SSSR count). The van der Waals surface area contributed by atoms with Crippen LogP contribution in [0.2, 0.25) is 0 Å². The summed E-state index contributed by atoms with van der Waals surface area (Å²) in [7, 11) is 0. The molecule has 0 aliphatic heterocycles. The van der Waals surface area contributed by atoms with E-state index in [-0.39, 0.29) is 5.69 Å². The predicted molar refractivity (Wildman–Crippen MR) is 82.9 cm³/mol. The van der Waals surface area contributed by atoms with Crippen LogP contribution in [0.15, 0.2) is 48.5 Å². The molecule has 2 N–H and O–H groups in total. The van der Waals surface area contributed by atoms with Crippen LogP contribution in [-0.2, 0) is 16.0 Å². The molecule has 114 valence electrons. The Labute approximate surface area is 128 Å². The molecule has 0 heterocycles. The Balaban J connectivity index is 1.82. The lowest BCUT2D eigenvalue weighted by molar-refractivity contribution is -0.136. The largest absolute Gasteiger partial charge is 0.347 e. The number of nitrogens with one attached hydrogen (secondary N) is 2. The summed E-state index contributed by atoms with van der Waals surface area (Å²) < 4.78 is 13.4. The summed E-state index contributed by atoms with van der Waals surface area (Å²) in [6.07, 6.45) is 0.638. The molecule has 0 unspecified atom stereocenters. The molecule has 5 heteroatoms. The third-order valence-corrected chi connectivity index (χ3v) is 3.18. The third-order valence-electron chi connectivity index (χ3n) is 3.18. The smallest absolute Gasteiger partial charge is 0.313 e. The SMILES string of the molecule is Cc1ccc(NC(=O)C(=O)NCCc2ccccc2)cc1F. The summed E-state index contributed by atoms with van der Waals surface area (Å²) in [6.45, 7) is 1.98. The quantitative estimate of drug-likeness (QED) is 0.852. The van der Waals surface area contributed by atoms with Crippen molar-refractivity contribution in [3.8, 4) is 0 Å². The number of amides is 2. The first kappa shape index (κ1) is 15.7. The van der Waals surface area contributed by atoms with E-state index in [1.165, 1.54) is 12.1 Å². The van der Waals surface area contributed by atoms with Gasteiger partial charge in [0.1, 0.15) is 5.82 Å². The Morgan fingerprint density at radius 1 is 1.05 bits per heavy atom. The van der Waals surface area contributed by atoms with Gasteiger partial charge in [-0.1, -0.05) is 36.4 Å². The minimum Gasteiger partial charge on any atom is -0.347 e. The monoisotopic (exact) mass is 300 g/mol. The fraction of sp³-hybridized carbons (Fsp3) is 0.176. The van der Waals surface area contributed by atoms with Gasteiger partial charge in [-0.3, -0.25) is 9.59 Å². The number of aryl methyl sites for hydroxylation is 1. The van der Waals surface area contributed by atoms with Crippen LogP contribution in [0.1, 0.15) is 11.1 Å². The van der Waals surface area contributed by atoms with Crippen molar-refractivity contribution in [2.75, 3.05) is 11.9 Å². The fourth-order valence-corrected chi connectivity index (χ4v) is 1.90. The summed E-state index contributed by atoms with van der Waals surface area (Å²) in [4.78, 5) is 23.4. The molecule has 0 atom stereocenters. The molecule has 0 bridgehead atoms. The second-order valence-electron chi connectivity index (χ2n) is 4.91. The van der Waals surface area contributed by atoms with Crippen molar-refractivity contribution in [2.45, 2.75) is 13.3 Å². The molecule has 2 amide bonds. The highest BCUT2D eigenvalue weighted by Gasteiger charge is 2.13. The fourth-order valence-electron chi connectivity index (χ4n) is 1.90. The number of carbonyl (C=O) groups excluding carboxylic acids is 2. The Bertz CT molecular complexity index is 672. The molecular weight excluding hydrogens is 283 g/mol. The minimum absolute atomic E-state index is 0.256. The van der Waals surface area contributed by atoms with Gasteiger partial charge in [-0.25, -0.2) is 4.39 Å². The molecule has 0 spiro atoms. The highest BCUT2D eigenvalue weighted by molar-refractivity contribution is 6.39. The van der Waals surface area contributed by atoms with Crippen LogP contribution in [0.5, 0.6) is 0 Å². The highest BCUT2D eigenvalue weighted by Crippen LogP contribution is 2.13. The molecular formula is C17H17FN2O2. The highest BCUT2D eigenvalue weighted by atomic mass is 19.1. The Morgan fingerprint density at radius 2 is 1.77 bits per heavy atom. The zero-order valence-electron chi connectivity index (χ0n) is 12.2. The average molecular weight is 300 g/mol. The van der Waals surface area contributed by atoms with E-state index in [2.05, 4.69) is 10.6 Å². The van der Waals surface area contributed by atoms with Crippen LogP contribution in [0.4, 0.5) is 10.1 Å². The van der Waals surface area contributed by atoms with Gasteiger partial charge in [0.25, 0.3) is 0 Å². The minimum atomic E-state index is -0.809. The van der Waals surface area contributed by atoms with E-state index in [0.29, 0.717) is 18.5 Å². The van der Waals surface area contributed by atoms with Crippen molar-refractivity contribution < 1.29 is 14.0 Å². The first-order valence-corrected chi connectivity index (χ1v) is 6.95. The molecule has 0 aromatic heterocycles. The number of halogens is 1. The van der Waals surface area contributed by atoms with E-state index >= 15 is 0 Å². The predicted octanol–water partition coefficient (Wildman–Crippen LogP) is 2.43. The lowest BCUT2D eigenvalue weighted by Gasteiger charge is -2.07. The van der Waals surface area contributed by atoms with Crippen LogP contribution in [-0.4, -0.2) is 18.4 Å². The maximum atomic E-state index is 13.4. The number of hydrogen-bond donors (Lipinski definition) is 2. The molecule has 2 aromatic carbocycles. The van der Waals surface area contributed by atoms with E-state index in [0.717, 1.165) is 5.56 Å². The van der Waals surface area contributed by atoms with Gasteiger partial charge >= 0.3 is 11.8 Å². The molecule has 0 radical (unpaired) electrons. The molecule has 0 saturated heterocycles. The van der Waals surface area contributed by atoms with Crippen molar-refractivity contribution in [1.82, 2.24) is 5.32 Å². The van der Waals surface area contributed by atoms with Crippen molar-refractivity contribution in [1.29, 1.82) is 0 Å². The van der Waals surface area contributed by atoms with Crippen LogP contribution in [0.3, 0.4) is 0 Å². The maximum absolute atomic E-state index is 13.4. The van der Waals surface area contributed by atoms with Crippen LogP contribution in [0, 0.1) is 12.7 Å². The maximum Gasteiger partial charge on any atom is 0.313 e. The second kappa shape index (κ2) is 7.36. The van der Waals surface area contributed by atoms with Crippen molar-refractivity contribution >= 4 is 17.5 Å². The second-order valence-corrected chi connectivity index (χ2v) is 4.91. The third kappa shape index (κ3) is 4.41. The van der Waals surface area contributed by atoms with Crippen molar-refractivity contribution in [3.63, 3.8) is 0 Å². The Morgan fingerprint density at radius 3 is 2.45 bits per heavy atom. The molecule has 0 aliphatic rings. The summed E-state index contributed by atoms with van der Waals surface area (Å²) in [5.41, 5.74) is 1.81. The van der Waals surface area contributed by atoms with Gasteiger partial charge in [0.05, 0.1) is 0 Å². The molecule has 0 saturated carbocycles. The van der Waals surface area contributed by atoms with Gasteiger partial charge in [-0.15, -0.1) is 0 Å². The number of carbonyl (C=O) groups is 2. The van der Waals surface area contributed by atoms with E-state index in [1.54, 1.807) is 13.0 Å². The van der Waals surface area contributed by atoms with Crippen LogP contribution in [0.25, 0.3) is 0 Å².